The Balaban J connectivity index is 1.54. The van der Waals surface area contributed by atoms with E-state index in [0.29, 0.717) is 33.8 Å². The Labute approximate surface area is 172 Å². The summed E-state index contributed by atoms with van der Waals surface area (Å²) in [6.07, 6.45) is 2.53. The van der Waals surface area contributed by atoms with Crippen LogP contribution in [-0.2, 0) is 9.59 Å². The Morgan fingerprint density at radius 1 is 1.43 bits per heavy atom. The number of anilines is 1. The number of aryl methyl sites for hydroxylation is 1. The Kier molecular flexibility index (Phi) is 6.48. The Bertz CT molecular complexity index is 939. The first-order chi connectivity index (χ1) is 13.5. The molecule has 2 heterocycles. The summed E-state index contributed by atoms with van der Waals surface area (Å²) in [4.78, 5) is 26.7. The monoisotopic (exact) mass is 417 g/mol. The van der Waals surface area contributed by atoms with Gasteiger partial charge in [-0.25, -0.2) is 0 Å². The fourth-order valence-corrected chi connectivity index (χ4v) is 3.91. The first-order valence-corrected chi connectivity index (χ1v) is 9.81. The van der Waals surface area contributed by atoms with Gasteiger partial charge in [0, 0.05) is 19.0 Å². The van der Waals surface area contributed by atoms with E-state index in [9.17, 15) is 9.59 Å². The molecule has 2 amide bonds. The van der Waals surface area contributed by atoms with E-state index in [4.69, 9.17) is 21.5 Å². The molecule has 0 bridgehead atoms. The predicted molar refractivity (Wildman–Crippen MR) is 112 cm³/mol. The van der Waals surface area contributed by atoms with Crippen LogP contribution in [0.1, 0.15) is 24.2 Å². The number of ether oxygens (including phenoxy) is 1. The fraction of sp³-hybridized carbons (Fsp3) is 0.263. The van der Waals surface area contributed by atoms with Gasteiger partial charge in [-0.3, -0.25) is 14.5 Å². The van der Waals surface area contributed by atoms with Crippen molar-refractivity contribution in [3.8, 4) is 5.75 Å². The van der Waals surface area contributed by atoms with Crippen LogP contribution < -0.4 is 10.1 Å². The molecule has 0 unspecified atom stereocenters. The van der Waals surface area contributed by atoms with E-state index in [1.165, 1.54) is 16.7 Å². The third-order valence-electron chi connectivity index (χ3n) is 3.95. The van der Waals surface area contributed by atoms with Crippen molar-refractivity contribution in [3.05, 3.63) is 46.6 Å². The molecule has 1 aliphatic heterocycles. The van der Waals surface area contributed by atoms with Gasteiger partial charge in [-0.2, -0.15) is 0 Å². The van der Waals surface area contributed by atoms with Crippen molar-refractivity contribution in [1.29, 1.82) is 0 Å². The maximum atomic E-state index is 12.6. The van der Waals surface area contributed by atoms with Crippen LogP contribution in [-0.4, -0.2) is 39.8 Å². The van der Waals surface area contributed by atoms with Crippen molar-refractivity contribution in [2.45, 2.75) is 19.8 Å². The fourth-order valence-electron chi connectivity index (χ4n) is 2.60. The number of methoxy groups -OCH3 is 1. The van der Waals surface area contributed by atoms with Gasteiger partial charge in [0.2, 0.25) is 5.91 Å². The third-order valence-corrected chi connectivity index (χ3v) is 5.32. The molecule has 2 aromatic rings. The van der Waals surface area contributed by atoms with Crippen LogP contribution in [0.2, 0.25) is 0 Å². The van der Waals surface area contributed by atoms with Crippen molar-refractivity contribution in [3.63, 3.8) is 0 Å². The molecule has 1 N–H and O–H groups in total. The van der Waals surface area contributed by atoms with Gasteiger partial charge in [-0.15, -0.1) is 0 Å². The lowest BCUT2D eigenvalue weighted by Gasteiger charge is -2.13. The van der Waals surface area contributed by atoms with Gasteiger partial charge in [-0.05, 0) is 37.1 Å². The zero-order valence-electron chi connectivity index (χ0n) is 15.4. The van der Waals surface area contributed by atoms with Gasteiger partial charge < -0.3 is 14.6 Å². The van der Waals surface area contributed by atoms with E-state index in [1.54, 1.807) is 26.2 Å². The molecule has 28 heavy (non-hydrogen) atoms. The van der Waals surface area contributed by atoms with E-state index < -0.39 is 0 Å². The highest BCUT2D eigenvalue weighted by Crippen LogP contribution is 2.33. The van der Waals surface area contributed by atoms with E-state index in [-0.39, 0.29) is 18.2 Å². The first kappa shape index (κ1) is 20.1. The number of nitrogens with one attached hydrogen (secondary N) is 1. The standard InChI is InChI=1S/C19H19N3O4S2/c1-12-9-16(21-26-12)20-17(23)7-4-8-22-18(24)15(28-19(22)27)11-13-5-3-6-14(10-13)25-2/h3,5-6,9-11H,4,7-8H2,1-2H3,(H,20,21,23)/b15-11+. The van der Waals surface area contributed by atoms with Gasteiger partial charge in [0.15, 0.2) is 5.82 Å². The van der Waals surface area contributed by atoms with Crippen LogP contribution in [0, 0.1) is 6.92 Å². The summed E-state index contributed by atoms with van der Waals surface area (Å²) in [5.41, 5.74) is 0.863. The molecule has 1 saturated heterocycles. The number of hydrogen-bond acceptors (Lipinski definition) is 7. The molecular formula is C19H19N3O4S2. The normalized spacial score (nSPS) is 15.4. The molecule has 1 fully saturated rings. The van der Waals surface area contributed by atoms with Gasteiger partial charge in [0.1, 0.15) is 15.8 Å². The topological polar surface area (TPSA) is 84.7 Å². The van der Waals surface area contributed by atoms with E-state index in [1.807, 2.05) is 24.3 Å². The number of thiocarbonyl (C=S) groups is 1. The highest BCUT2D eigenvalue weighted by atomic mass is 32.2. The summed E-state index contributed by atoms with van der Waals surface area (Å²) in [6, 6.07) is 9.09. The second kappa shape index (κ2) is 9.03. The number of hydrogen-bond donors (Lipinski definition) is 1. The first-order valence-electron chi connectivity index (χ1n) is 8.59. The second-order valence-corrected chi connectivity index (χ2v) is 7.76. The molecule has 9 heteroatoms. The number of carbonyl (C=O) groups excluding carboxylic acids is 2. The summed E-state index contributed by atoms with van der Waals surface area (Å²) in [5.74, 6) is 1.39. The van der Waals surface area contributed by atoms with Crippen molar-refractivity contribution in [1.82, 2.24) is 10.1 Å². The number of carbonyl (C=O) groups is 2. The lowest BCUT2D eigenvalue weighted by atomic mass is 10.2. The molecule has 3 rings (SSSR count). The summed E-state index contributed by atoms with van der Waals surface area (Å²) >= 11 is 6.59. The smallest absolute Gasteiger partial charge is 0.266 e. The number of rotatable bonds is 7. The molecular weight excluding hydrogens is 398 g/mol. The quantitative estimate of drug-likeness (QED) is 0.544. The molecule has 0 radical (unpaired) electrons. The molecule has 1 aliphatic rings. The lowest BCUT2D eigenvalue weighted by molar-refractivity contribution is -0.122. The number of thioether (sulfide) groups is 1. The molecule has 0 saturated carbocycles. The number of amides is 2. The average Bonchev–Trinajstić information content (AvgIpc) is 3.19. The van der Waals surface area contributed by atoms with Crippen LogP contribution in [0.15, 0.2) is 39.8 Å². The average molecular weight is 418 g/mol. The van der Waals surface area contributed by atoms with Gasteiger partial charge >= 0.3 is 0 Å². The minimum Gasteiger partial charge on any atom is -0.497 e. The molecule has 0 aliphatic carbocycles. The summed E-state index contributed by atoms with van der Waals surface area (Å²) in [7, 11) is 1.60. The molecule has 1 aromatic carbocycles. The molecule has 0 atom stereocenters. The zero-order chi connectivity index (χ0) is 20.1. The van der Waals surface area contributed by atoms with E-state index >= 15 is 0 Å². The van der Waals surface area contributed by atoms with Crippen molar-refractivity contribution >= 4 is 52.0 Å². The van der Waals surface area contributed by atoms with Crippen LogP contribution in [0.4, 0.5) is 5.82 Å². The van der Waals surface area contributed by atoms with Crippen molar-refractivity contribution < 1.29 is 18.8 Å². The van der Waals surface area contributed by atoms with Crippen molar-refractivity contribution in [2.75, 3.05) is 19.0 Å². The number of nitrogens with zero attached hydrogens (tertiary/aromatic N) is 2. The van der Waals surface area contributed by atoms with E-state index in [0.717, 1.165) is 11.3 Å². The highest BCUT2D eigenvalue weighted by Gasteiger charge is 2.31. The Morgan fingerprint density at radius 2 is 2.25 bits per heavy atom. The molecule has 146 valence electrons. The Morgan fingerprint density at radius 3 is 2.96 bits per heavy atom. The Hall–Kier alpha value is -2.65. The minimum atomic E-state index is -0.189. The predicted octanol–water partition coefficient (Wildman–Crippen LogP) is 3.61. The van der Waals surface area contributed by atoms with Gasteiger partial charge in [0.25, 0.3) is 5.91 Å². The number of benzene rings is 1. The molecule has 1 aromatic heterocycles. The van der Waals surface area contributed by atoms with E-state index in [2.05, 4.69) is 10.5 Å². The maximum absolute atomic E-state index is 12.6. The summed E-state index contributed by atoms with van der Waals surface area (Å²) in [6.45, 7) is 2.13. The second-order valence-electron chi connectivity index (χ2n) is 6.08. The highest BCUT2D eigenvalue weighted by molar-refractivity contribution is 8.26. The molecule has 7 nitrogen and oxygen atoms in total. The number of aromatic nitrogens is 1. The van der Waals surface area contributed by atoms with Crippen LogP contribution in [0.25, 0.3) is 6.08 Å². The summed E-state index contributed by atoms with van der Waals surface area (Å²) < 4.78 is 10.6. The molecule has 0 spiro atoms. The maximum Gasteiger partial charge on any atom is 0.266 e. The van der Waals surface area contributed by atoms with Crippen LogP contribution in [0.3, 0.4) is 0 Å². The third kappa shape index (κ3) is 4.99. The zero-order valence-corrected chi connectivity index (χ0v) is 17.1. The minimum absolute atomic E-state index is 0.148. The van der Waals surface area contributed by atoms with Gasteiger partial charge in [-0.1, -0.05) is 41.3 Å². The lowest BCUT2D eigenvalue weighted by Crippen LogP contribution is -2.29. The van der Waals surface area contributed by atoms with Crippen molar-refractivity contribution in [2.24, 2.45) is 0 Å². The van der Waals surface area contributed by atoms with Gasteiger partial charge in [0.05, 0.1) is 12.0 Å². The SMILES string of the molecule is COc1cccc(/C=C2/SC(=S)N(CCCC(=O)Nc3cc(C)on3)C2=O)c1. The largest absolute Gasteiger partial charge is 0.497 e. The summed E-state index contributed by atoms with van der Waals surface area (Å²) in [5, 5.41) is 6.37. The van der Waals surface area contributed by atoms with Crippen LogP contribution in [0.5, 0.6) is 5.75 Å². The van der Waals surface area contributed by atoms with Crippen LogP contribution >= 0.6 is 24.0 Å².